The van der Waals surface area contributed by atoms with Gasteiger partial charge in [-0.25, -0.2) is 0 Å². The van der Waals surface area contributed by atoms with E-state index in [0.717, 1.165) is 25.2 Å². The Bertz CT molecular complexity index is 564. The zero-order chi connectivity index (χ0) is 13.2. The van der Waals surface area contributed by atoms with Gasteiger partial charge in [0.15, 0.2) is 0 Å². The molecule has 3 rings (SSSR count). The van der Waals surface area contributed by atoms with Gasteiger partial charge in [0.2, 0.25) is 0 Å². The first-order valence-electron chi connectivity index (χ1n) is 6.82. The van der Waals surface area contributed by atoms with E-state index < -0.39 is 6.10 Å². The third-order valence-electron chi connectivity index (χ3n) is 3.71. The zero-order valence-corrected chi connectivity index (χ0v) is 11.1. The van der Waals surface area contributed by atoms with Crippen molar-refractivity contribution in [2.24, 2.45) is 0 Å². The summed E-state index contributed by atoms with van der Waals surface area (Å²) in [5.74, 6) is 0. The van der Waals surface area contributed by atoms with Gasteiger partial charge in [-0.2, -0.15) is 5.10 Å². The van der Waals surface area contributed by atoms with Gasteiger partial charge in [0.05, 0.1) is 11.7 Å². The molecule has 4 heteroatoms. The summed E-state index contributed by atoms with van der Waals surface area (Å²) in [6, 6.07) is 10.1. The second kappa shape index (κ2) is 5.15. The molecular weight excluding hydrogens is 238 g/mol. The maximum atomic E-state index is 10.6. The Kier molecular flexibility index (Phi) is 3.36. The van der Waals surface area contributed by atoms with Gasteiger partial charge in [-0.05, 0) is 23.6 Å². The van der Waals surface area contributed by atoms with Crippen LogP contribution in [0.3, 0.4) is 0 Å². The molecule has 19 heavy (non-hydrogen) atoms. The highest BCUT2D eigenvalue weighted by atomic mass is 16.3. The Morgan fingerprint density at radius 2 is 2.26 bits per heavy atom. The lowest BCUT2D eigenvalue weighted by molar-refractivity contribution is 0.123. The van der Waals surface area contributed by atoms with E-state index in [0.29, 0.717) is 0 Å². The van der Waals surface area contributed by atoms with Crippen LogP contribution >= 0.6 is 0 Å². The van der Waals surface area contributed by atoms with Crippen molar-refractivity contribution in [2.45, 2.75) is 38.6 Å². The number of aliphatic hydroxyl groups excluding tert-OH is 1. The molecule has 1 aliphatic rings. The molecule has 0 bridgehead atoms. The third-order valence-corrected chi connectivity index (χ3v) is 3.71. The summed E-state index contributed by atoms with van der Waals surface area (Å²) in [5, 5.41) is 18.3. The molecule has 0 radical (unpaired) electrons. The average molecular weight is 257 g/mol. The fraction of sp³-hybridized carbons (Fsp3) is 0.400. The molecule has 0 aliphatic carbocycles. The Hall–Kier alpha value is -1.65. The second-order valence-electron chi connectivity index (χ2n) is 4.98. The van der Waals surface area contributed by atoms with Gasteiger partial charge in [-0.1, -0.05) is 31.2 Å². The first-order chi connectivity index (χ1) is 9.31. The molecule has 0 spiro atoms. The molecule has 2 heterocycles. The van der Waals surface area contributed by atoms with Crippen molar-refractivity contribution >= 4 is 0 Å². The summed E-state index contributed by atoms with van der Waals surface area (Å²) < 4.78 is 1.90. The summed E-state index contributed by atoms with van der Waals surface area (Å²) >= 11 is 0. The highest BCUT2D eigenvalue weighted by Crippen LogP contribution is 2.34. The van der Waals surface area contributed by atoms with Crippen molar-refractivity contribution in [3.05, 3.63) is 53.3 Å². The number of hydrogen-bond donors (Lipinski definition) is 2. The summed E-state index contributed by atoms with van der Waals surface area (Å²) in [4.78, 5) is 0. The van der Waals surface area contributed by atoms with Crippen LogP contribution in [0.15, 0.2) is 36.5 Å². The predicted molar refractivity (Wildman–Crippen MR) is 73.5 cm³/mol. The maximum absolute atomic E-state index is 10.6. The van der Waals surface area contributed by atoms with E-state index >= 15 is 0 Å². The number of aromatic nitrogens is 2. The van der Waals surface area contributed by atoms with Crippen LogP contribution < -0.4 is 5.32 Å². The van der Waals surface area contributed by atoms with Crippen molar-refractivity contribution in [2.75, 3.05) is 0 Å². The van der Waals surface area contributed by atoms with E-state index in [-0.39, 0.29) is 6.04 Å². The number of rotatable bonds is 4. The van der Waals surface area contributed by atoms with Crippen LogP contribution in [0.2, 0.25) is 0 Å². The molecule has 2 atom stereocenters. The molecule has 2 aromatic rings. The number of fused-ring (bicyclic) bond motifs is 1. The van der Waals surface area contributed by atoms with E-state index in [1.54, 1.807) is 6.20 Å². The fourth-order valence-corrected chi connectivity index (χ4v) is 2.77. The largest absolute Gasteiger partial charge is 0.385 e. The monoisotopic (exact) mass is 257 g/mol. The van der Waals surface area contributed by atoms with Crippen LogP contribution in [0, 0.1) is 0 Å². The van der Waals surface area contributed by atoms with Crippen molar-refractivity contribution in [1.29, 1.82) is 0 Å². The Morgan fingerprint density at radius 1 is 1.42 bits per heavy atom. The fourth-order valence-electron chi connectivity index (χ4n) is 2.77. The number of hydrogen-bond acceptors (Lipinski definition) is 3. The molecule has 2 unspecified atom stereocenters. The minimum absolute atomic E-state index is 0.0384. The van der Waals surface area contributed by atoms with E-state index in [1.807, 2.05) is 22.9 Å². The molecule has 4 nitrogen and oxygen atoms in total. The Labute approximate surface area is 113 Å². The van der Waals surface area contributed by atoms with Crippen molar-refractivity contribution in [1.82, 2.24) is 15.1 Å². The zero-order valence-electron chi connectivity index (χ0n) is 11.1. The Balaban J connectivity index is 1.89. The maximum Gasteiger partial charge on any atom is 0.115 e. The highest BCUT2D eigenvalue weighted by molar-refractivity contribution is 5.35. The van der Waals surface area contributed by atoms with Gasteiger partial charge >= 0.3 is 0 Å². The van der Waals surface area contributed by atoms with Gasteiger partial charge in [0, 0.05) is 19.3 Å². The number of nitrogens with zero attached hydrogens (tertiary/aromatic N) is 2. The van der Waals surface area contributed by atoms with E-state index in [9.17, 15) is 5.11 Å². The van der Waals surface area contributed by atoms with Gasteiger partial charge in [-0.3, -0.25) is 4.68 Å². The minimum Gasteiger partial charge on any atom is -0.385 e. The van der Waals surface area contributed by atoms with Crippen LogP contribution in [0.4, 0.5) is 0 Å². The van der Waals surface area contributed by atoms with Crippen LogP contribution in [0.5, 0.6) is 0 Å². The SMILES string of the molecule is CCCn1nccc1C(O)C1NCc2ccccc21. The van der Waals surface area contributed by atoms with Gasteiger partial charge < -0.3 is 10.4 Å². The topological polar surface area (TPSA) is 50.1 Å². The first kappa shape index (κ1) is 12.4. The van der Waals surface area contributed by atoms with E-state index in [2.05, 4.69) is 29.5 Å². The lowest BCUT2D eigenvalue weighted by atomic mass is 9.99. The predicted octanol–water partition coefficient (Wildman–Crippen LogP) is 2.17. The molecule has 1 aromatic heterocycles. The minimum atomic E-state index is -0.558. The van der Waals surface area contributed by atoms with Crippen molar-refractivity contribution in [3.8, 4) is 0 Å². The summed E-state index contributed by atoms with van der Waals surface area (Å²) in [5.41, 5.74) is 3.35. The molecule has 0 saturated carbocycles. The van der Waals surface area contributed by atoms with Crippen LogP contribution in [-0.4, -0.2) is 14.9 Å². The summed E-state index contributed by atoms with van der Waals surface area (Å²) in [6.45, 7) is 3.77. The number of aliphatic hydroxyl groups is 1. The van der Waals surface area contributed by atoms with Gasteiger partial charge in [0.1, 0.15) is 6.10 Å². The van der Waals surface area contributed by atoms with Gasteiger partial charge in [0.25, 0.3) is 0 Å². The summed E-state index contributed by atoms with van der Waals surface area (Å²) in [7, 11) is 0. The molecule has 0 saturated heterocycles. The lowest BCUT2D eigenvalue weighted by Crippen LogP contribution is -2.22. The molecule has 100 valence electrons. The lowest BCUT2D eigenvalue weighted by Gasteiger charge is -2.20. The molecule has 1 aromatic carbocycles. The van der Waals surface area contributed by atoms with Crippen LogP contribution in [-0.2, 0) is 13.1 Å². The van der Waals surface area contributed by atoms with E-state index in [1.165, 1.54) is 11.1 Å². The average Bonchev–Trinajstić information content (AvgIpc) is 3.04. The molecule has 0 amide bonds. The van der Waals surface area contributed by atoms with Crippen molar-refractivity contribution in [3.63, 3.8) is 0 Å². The normalized spacial score (nSPS) is 19.4. The number of aryl methyl sites for hydroxylation is 1. The highest BCUT2D eigenvalue weighted by Gasteiger charge is 2.30. The van der Waals surface area contributed by atoms with Crippen LogP contribution in [0.25, 0.3) is 0 Å². The molecule has 0 fully saturated rings. The van der Waals surface area contributed by atoms with Crippen molar-refractivity contribution < 1.29 is 5.11 Å². The smallest absolute Gasteiger partial charge is 0.115 e. The number of benzene rings is 1. The molecule has 2 N–H and O–H groups in total. The van der Waals surface area contributed by atoms with Gasteiger partial charge in [-0.15, -0.1) is 0 Å². The molecule has 1 aliphatic heterocycles. The van der Waals surface area contributed by atoms with E-state index in [4.69, 9.17) is 0 Å². The molecular formula is C15H19N3O. The third kappa shape index (κ3) is 2.17. The number of nitrogens with one attached hydrogen (secondary N) is 1. The second-order valence-corrected chi connectivity index (χ2v) is 4.98. The van der Waals surface area contributed by atoms with Crippen LogP contribution in [0.1, 0.15) is 42.3 Å². The Morgan fingerprint density at radius 3 is 3.11 bits per heavy atom. The quantitative estimate of drug-likeness (QED) is 0.882. The standard InChI is InChI=1S/C15H19N3O/c1-2-9-18-13(7-8-17-18)15(19)14-12-6-4-3-5-11(12)10-16-14/h3-8,14-16,19H,2,9-10H2,1H3. The first-order valence-corrected chi connectivity index (χ1v) is 6.82. The summed E-state index contributed by atoms with van der Waals surface area (Å²) in [6.07, 6.45) is 2.21.